The Kier molecular flexibility index (Phi) is 8.56. The molecule has 1 aromatic rings. The van der Waals surface area contributed by atoms with Gasteiger partial charge in [0, 0.05) is 25.2 Å². The number of fused-ring (bicyclic) bond motifs is 2. The Balaban J connectivity index is 0.00000240. The molecule has 0 spiro atoms. The molecule has 2 N–H and O–H groups in total. The molecule has 3 heterocycles. The van der Waals surface area contributed by atoms with Crippen molar-refractivity contribution in [3.05, 3.63) is 35.6 Å². The first-order chi connectivity index (χ1) is 13.7. The number of nitrogens with one attached hydrogen (secondary N) is 2. The van der Waals surface area contributed by atoms with Gasteiger partial charge in [0.25, 0.3) is 0 Å². The van der Waals surface area contributed by atoms with E-state index in [4.69, 9.17) is 9.73 Å². The topological polar surface area (TPSA) is 48.9 Å². The fourth-order valence-corrected chi connectivity index (χ4v) is 4.70. The molecule has 0 radical (unpaired) electrons. The van der Waals surface area contributed by atoms with Crippen molar-refractivity contribution in [1.82, 2.24) is 15.5 Å². The number of nitrogens with zero attached hydrogens (tertiary/aromatic N) is 2. The van der Waals surface area contributed by atoms with E-state index in [-0.39, 0.29) is 29.8 Å². The van der Waals surface area contributed by atoms with Crippen LogP contribution in [0.1, 0.15) is 44.6 Å². The van der Waals surface area contributed by atoms with E-state index in [9.17, 15) is 4.39 Å². The largest absolute Gasteiger partial charge is 0.373 e. The summed E-state index contributed by atoms with van der Waals surface area (Å²) in [5, 5.41) is 6.98. The van der Waals surface area contributed by atoms with Crippen LogP contribution in [0.2, 0.25) is 0 Å². The molecule has 5 nitrogen and oxygen atoms in total. The number of likely N-dealkylation sites (tertiary alicyclic amines) is 1. The summed E-state index contributed by atoms with van der Waals surface area (Å²) >= 11 is 0. The number of aliphatic imine (C=N–C) groups is 1. The van der Waals surface area contributed by atoms with Crippen molar-refractivity contribution < 1.29 is 9.13 Å². The van der Waals surface area contributed by atoms with Gasteiger partial charge in [-0.1, -0.05) is 18.2 Å². The van der Waals surface area contributed by atoms with Gasteiger partial charge in [0.05, 0.1) is 18.2 Å². The summed E-state index contributed by atoms with van der Waals surface area (Å²) in [7, 11) is 0. The molecule has 0 aromatic heterocycles. The van der Waals surface area contributed by atoms with Gasteiger partial charge in [0.1, 0.15) is 5.82 Å². The quantitative estimate of drug-likeness (QED) is 0.345. The summed E-state index contributed by atoms with van der Waals surface area (Å²) in [6.45, 7) is 6.56. The van der Waals surface area contributed by atoms with Crippen molar-refractivity contribution in [3.8, 4) is 0 Å². The van der Waals surface area contributed by atoms with Crippen LogP contribution in [0.3, 0.4) is 0 Å². The van der Waals surface area contributed by atoms with Crippen LogP contribution < -0.4 is 10.6 Å². The fraction of sp³-hybridized carbons (Fsp3) is 0.682. The number of halogens is 2. The molecule has 3 unspecified atom stereocenters. The zero-order chi connectivity index (χ0) is 19.3. The smallest absolute Gasteiger partial charge is 0.191 e. The molecule has 0 amide bonds. The Labute approximate surface area is 190 Å². The maximum atomic E-state index is 13.9. The predicted octanol–water partition coefficient (Wildman–Crippen LogP) is 3.53. The molecule has 0 saturated carbocycles. The van der Waals surface area contributed by atoms with Crippen LogP contribution in [-0.2, 0) is 11.3 Å². The minimum Gasteiger partial charge on any atom is -0.373 e. The molecule has 7 heteroatoms. The number of rotatable bonds is 6. The van der Waals surface area contributed by atoms with Crippen LogP contribution in [0.4, 0.5) is 4.39 Å². The normalized spacial score (nSPS) is 27.7. The fourth-order valence-electron chi connectivity index (χ4n) is 4.70. The van der Waals surface area contributed by atoms with E-state index in [0.717, 1.165) is 57.0 Å². The monoisotopic (exact) mass is 516 g/mol. The van der Waals surface area contributed by atoms with E-state index in [0.29, 0.717) is 30.7 Å². The molecular formula is C22H34FIN4O. The number of hydrogen-bond acceptors (Lipinski definition) is 3. The van der Waals surface area contributed by atoms with Gasteiger partial charge in [-0.2, -0.15) is 0 Å². The minimum absolute atomic E-state index is 0. The Morgan fingerprint density at radius 2 is 2.00 bits per heavy atom. The van der Waals surface area contributed by atoms with Crippen LogP contribution in [0.5, 0.6) is 0 Å². The number of piperidine rings is 1. The zero-order valence-electron chi connectivity index (χ0n) is 17.3. The molecule has 0 aliphatic carbocycles. The second-order valence-corrected chi connectivity index (χ2v) is 8.39. The lowest BCUT2D eigenvalue weighted by molar-refractivity contribution is 0.0992. The second kappa shape index (κ2) is 10.9. The third kappa shape index (κ3) is 6.04. The lowest BCUT2D eigenvalue weighted by atomic mass is 9.95. The highest BCUT2D eigenvalue weighted by Gasteiger charge is 2.41. The molecule has 3 atom stereocenters. The highest BCUT2D eigenvalue weighted by atomic mass is 127. The predicted molar refractivity (Wildman–Crippen MR) is 125 cm³/mol. The average molecular weight is 516 g/mol. The van der Waals surface area contributed by atoms with Gasteiger partial charge in [-0.05, 0) is 64.1 Å². The minimum atomic E-state index is -0.0971. The zero-order valence-corrected chi connectivity index (χ0v) is 19.6. The number of benzene rings is 1. The lowest BCUT2D eigenvalue weighted by Crippen LogP contribution is -2.47. The van der Waals surface area contributed by atoms with Gasteiger partial charge in [0.2, 0.25) is 0 Å². The van der Waals surface area contributed by atoms with E-state index in [2.05, 4.69) is 22.5 Å². The van der Waals surface area contributed by atoms with Gasteiger partial charge < -0.3 is 15.4 Å². The summed E-state index contributed by atoms with van der Waals surface area (Å²) in [6, 6.07) is 7.50. The summed E-state index contributed by atoms with van der Waals surface area (Å²) in [5.74, 6) is 1.43. The summed E-state index contributed by atoms with van der Waals surface area (Å²) in [6.07, 6.45) is 6.52. The van der Waals surface area contributed by atoms with E-state index in [1.54, 1.807) is 12.1 Å². The molecule has 4 rings (SSSR count). The third-order valence-electron chi connectivity index (χ3n) is 6.34. The van der Waals surface area contributed by atoms with Gasteiger partial charge in [0.15, 0.2) is 5.96 Å². The van der Waals surface area contributed by atoms with Crippen molar-refractivity contribution >= 4 is 29.9 Å². The van der Waals surface area contributed by atoms with Gasteiger partial charge in [-0.25, -0.2) is 4.39 Å². The standard InChI is InChI=1S/C22H33FN4O.HI/c1-2-24-22(26-20-13-18-7-8-21(20)28-18)25-14-16-9-11-27(12-10-16)15-17-5-3-4-6-19(17)23;/h3-6,16,18,20-21H,2,7-15H2,1H3,(H2,24,25,26);1H. The van der Waals surface area contributed by atoms with Gasteiger partial charge in [-0.15, -0.1) is 24.0 Å². The average Bonchev–Trinajstić information content (AvgIpc) is 3.32. The molecule has 3 aliphatic heterocycles. The highest BCUT2D eigenvalue weighted by molar-refractivity contribution is 14.0. The maximum absolute atomic E-state index is 13.9. The summed E-state index contributed by atoms with van der Waals surface area (Å²) < 4.78 is 19.8. The molecular weight excluding hydrogens is 482 g/mol. The highest BCUT2D eigenvalue weighted by Crippen LogP contribution is 2.34. The van der Waals surface area contributed by atoms with E-state index in [1.807, 2.05) is 12.1 Å². The second-order valence-electron chi connectivity index (χ2n) is 8.39. The van der Waals surface area contributed by atoms with Crippen LogP contribution in [0.25, 0.3) is 0 Å². The maximum Gasteiger partial charge on any atom is 0.191 e. The van der Waals surface area contributed by atoms with Crippen LogP contribution in [0.15, 0.2) is 29.3 Å². The number of hydrogen-bond donors (Lipinski definition) is 2. The molecule has 1 aromatic carbocycles. The van der Waals surface area contributed by atoms with E-state index in [1.165, 1.54) is 12.8 Å². The summed E-state index contributed by atoms with van der Waals surface area (Å²) in [5.41, 5.74) is 0.797. The third-order valence-corrected chi connectivity index (χ3v) is 6.34. The molecule has 3 fully saturated rings. The first kappa shape index (κ1) is 22.7. The van der Waals surface area contributed by atoms with Crippen molar-refractivity contribution in [2.45, 2.75) is 63.8 Å². The Hall–Kier alpha value is -0.930. The molecule has 162 valence electrons. The SMILES string of the molecule is CCNC(=NCC1CCN(Cc2ccccc2F)CC1)NC1CC2CCC1O2.I. The summed E-state index contributed by atoms with van der Waals surface area (Å²) in [4.78, 5) is 7.22. The Morgan fingerprint density at radius 1 is 1.21 bits per heavy atom. The van der Waals surface area contributed by atoms with Crippen molar-refractivity contribution in [2.24, 2.45) is 10.9 Å². The Morgan fingerprint density at radius 3 is 2.66 bits per heavy atom. The molecule has 3 saturated heterocycles. The van der Waals surface area contributed by atoms with E-state index < -0.39 is 0 Å². The van der Waals surface area contributed by atoms with Gasteiger partial charge >= 0.3 is 0 Å². The van der Waals surface area contributed by atoms with Gasteiger partial charge in [-0.3, -0.25) is 9.89 Å². The number of guanidine groups is 1. The molecule has 3 aliphatic rings. The van der Waals surface area contributed by atoms with Crippen LogP contribution in [-0.4, -0.2) is 55.3 Å². The molecule has 2 bridgehead atoms. The first-order valence-electron chi connectivity index (χ1n) is 10.9. The van der Waals surface area contributed by atoms with Crippen molar-refractivity contribution in [1.29, 1.82) is 0 Å². The van der Waals surface area contributed by atoms with Crippen molar-refractivity contribution in [3.63, 3.8) is 0 Å². The van der Waals surface area contributed by atoms with Crippen molar-refractivity contribution in [2.75, 3.05) is 26.2 Å². The number of ether oxygens (including phenoxy) is 1. The van der Waals surface area contributed by atoms with E-state index >= 15 is 0 Å². The Bertz CT molecular complexity index is 681. The lowest BCUT2D eigenvalue weighted by Gasteiger charge is -2.31. The molecule has 29 heavy (non-hydrogen) atoms. The van der Waals surface area contributed by atoms with Crippen LogP contribution in [0, 0.1) is 11.7 Å². The first-order valence-corrected chi connectivity index (χ1v) is 10.9. The van der Waals surface area contributed by atoms with Crippen LogP contribution >= 0.6 is 24.0 Å².